The van der Waals surface area contributed by atoms with Crippen LogP contribution in [0.4, 0.5) is 13.2 Å². The van der Waals surface area contributed by atoms with Crippen LogP contribution in [0.15, 0.2) is 66.9 Å². The van der Waals surface area contributed by atoms with E-state index in [1.165, 1.54) is 6.07 Å². The van der Waals surface area contributed by atoms with Gasteiger partial charge in [-0.2, -0.15) is 13.2 Å². The molecule has 23 heavy (non-hydrogen) atoms. The lowest BCUT2D eigenvalue weighted by molar-refractivity contribution is -0.137. The Hall–Kier alpha value is -2.62. The quantitative estimate of drug-likeness (QED) is 0.587. The van der Waals surface area contributed by atoms with Gasteiger partial charge in [-0.05, 0) is 53.9 Å². The van der Waals surface area contributed by atoms with Gasteiger partial charge in [-0.1, -0.05) is 30.3 Å². The first kappa shape index (κ1) is 15.3. The van der Waals surface area contributed by atoms with Crippen molar-refractivity contribution in [2.45, 2.75) is 13.1 Å². The number of halogens is 3. The topological polar surface area (TPSA) is 12.9 Å². The second-order valence-corrected chi connectivity index (χ2v) is 5.38. The lowest BCUT2D eigenvalue weighted by atomic mass is 9.98. The molecule has 2 aromatic carbocycles. The molecule has 0 atom stereocenters. The molecule has 0 saturated carbocycles. The molecule has 0 amide bonds. The van der Waals surface area contributed by atoms with Crippen molar-refractivity contribution in [3.05, 3.63) is 78.0 Å². The molecule has 0 unspecified atom stereocenters. The third kappa shape index (κ3) is 3.42. The van der Waals surface area contributed by atoms with Gasteiger partial charge >= 0.3 is 6.18 Å². The normalized spacial score (nSPS) is 11.5. The molecule has 0 aliphatic carbocycles. The number of rotatable bonds is 2. The summed E-state index contributed by atoms with van der Waals surface area (Å²) in [6.45, 7) is 1.67. The Balaban J connectivity index is 2.08. The van der Waals surface area contributed by atoms with Crippen molar-refractivity contribution in [1.82, 2.24) is 4.98 Å². The summed E-state index contributed by atoms with van der Waals surface area (Å²) in [5.74, 6) is 0. The Morgan fingerprint density at radius 1 is 0.783 bits per heavy atom. The summed E-state index contributed by atoms with van der Waals surface area (Å²) in [4.78, 5) is 4.28. The SMILES string of the molecule is Cc1cc(-c2cccc(-c3ccccn3)c2)cc(C(F)(F)F)c1. The molecule has 0 saturated heterocycles. The molecule has 0 bridgehead atoms. The predicted octanol–water partition coefficient (Wildman–Crippen LogP) is 5.74. The molecule has 4 heteroatoms. The summed E-state index contributed by atoms with van der Waals surface area (Å²) >= 11 is 0. The summed E-state index contributed by atoms with van der Waals surface area (Å²) in [7, 11) is 0. The van der Waals surface area contributed by atoms with Gasteiger partial charge in [-0.15, -0.1) is 0 Å². The minimum atomic E-state index is -4.35. The Bertz CT molecular complexity index is 824. The van der Waals surface area contributed by atoms with Gasteiger partial charge in [-0.25, -0.2) is 0 Å². The fourth-order valence-electron chi connectivity index (χ4n) is 2.51. The van der Waals surface area contributed by atoms with E-state index >= 15 is 0 Å². The van der Waals surface area contributed by atoms with Crippen LogP contribution < -0.4 is 0 Å². The number of benzene rings is 2. The van der Waals surface area contributed by atoms with Crippen molar-refractivity contribution < 1.29 is 13.2 Å². The highest BCUT2D eigenvalue weighted by atomic mass is 19.4. The van der Waals surface area contributed by atoms with Crippen molar-refractivity contribution in [1.29, 1.82) is 0 Å². The number of aromatic nitrogens is 1. The first-order chi connectivity index (χ1) is 10.9. The average molecular weight is 313 g/mol. The average Bonchev–Trinajstić information content (AvgIpc) is 2.54. The lowest BCUT2D eigenvalue weighted by Gasteiger charge is -2.11. The first-order valence-electron chi connectivity index (χ1n) is 7.14. The second-order valence-electron chi connectivity index (χ2n) is 5.38. The molecule has 0 radical (unpaired) electrons. The maximum Gasteiger partial charge on any atom is 0.416 e. The molecule has 116 valence electrons. The van der Waals surface area contributed by atoms with E-state index in [0.717, 1.165) is 22.9 Å². The van der Waals surface area contributed by atoms with E-state index in [-0.39, 0.29) is 0 Å². The van der Waals surface area contributed by atoms with Gasteiger partial charge in [0.15, 0.2) is 0 Å². The maximum atomic E-state index is 13.0. The molecule has 0 spiro atoms. The van der Waals surface area contributed by atoms with Crippen LogP contribution in [0.1, 0.15) is 11.1 Å². The van der Waals surface area contributed by atoms with Crippen LogP contribution in [0.2, 0.25) is 0 Å². The fourth-order valence-corrected chi connectivity index (χ4v) is 2.51. The molecule has 3 rings (SSSR count). The summed E-state index contributed by atoms with van der Waals surface area (Å²) in [6.07, 6.45) is -2.66. The Morgan fingerprint density at radius 2 is 1.57 bits per heavy atom. The zero-order chi connectivity index (χ0) is 16.4. The van der Waals surface area contributed by atoms with E-state index < -0.39 is 11.7 Å². The van der Waals surface area contributed by atoms with Gasteiger partial charge in [0.2, 0.25) is 0 Å². The molecule has 0 fully saturated rings. The molecule has 1 aromatic heterocycles. The summed E-state index contributed by atoms with van der Waals surface area (Å²) in [6, 6.07) is 17.1. The molecule has 1 heterocycles. The van der Waals surface area contributed by atoms with Crippen molar-refractivity contribution in [2.24, 2.45) is 0 Å². The van der Waals surface area contributed by atoms with Crippen LogP contribution in [0.3, 0.4) is 0 Å². The van der Waals surface area contributed by atoms with E-state index in [1.54, 1.807) is 25.3 Å². The van der Waals surface area contributed by atoms with Gasteiger partial charge in [0, 0.05) is 11.8 Å². The Labute approximate surface area is 132 Å². The van der Waals surface area contributed by atoms with Gasteiger partial charge in [0.05, 0.1) is 11.3 Å². The second kappa shape index (κ2) is 5.88. The molecule has 0 aliphatic heterocycles. The van der Waals surface area contributed by atoms with Crippen molar-refractivity contribution in [3.8, 4) is 22.4 Å². The monoisotopic (exact) mass is 313 g/mol. The molecular formula is C19H14F3N. The first-order valence-corrected chi connectivity index (χ1v) is 7.14. The minimum absolute atomic E-state index is 0.551. The van der Waals surface area contributed by atoms with Crippen molar-refractivity contribution in [3.63, 3.8) is 0 Å². The lowest BCUT2D eigenvalue weighted by Crippen LogP contribution is -2.05. The highest BCUT2D eigenvalue weighted by molar-refractivity contribution is 5.72. The zero-order valence-corrected chi connectivity index (χ0v) is 12.4. The molecule has 1 nitrogen and oxygen atoms in total. The maximum absolute atomic E-state index is 13.0. The number of hydrogen-bond donors (Lipinski definition) is 0. The standard InChI is InChI=1S/C19H14F3N/c1-13-9-16(12-17(10-13)19(20,21)22)14-5-4-6-15(11-14)18-7-2-3-8-23-18/h2-12H,1H3. The number of hydrogen-bond acceptors (Lipinski definition) is 1. The van der Waals surface area contributed by atoms with Gasteiger partial charge in [0.1, 0.15) is 0 Å². The fraction of sp³-hybridized carbons (Fsp3) is 0.105. The Kier molecular flexibility index (Phi) is 3.90. The molecular weight excluding hydrogens is 299 g/mol. The van der Waals surface area contributed by atoms with Crippen LogP contribution in [0, 0.1) is 6.92 Å². The smallest absolute Gasteiger partial charge is 0.256 e. The van der Waals surface area contributed by atoms with Gasteiger partial charge in [-0.3, -0.25) is 4.98 Å². The highest BCUT2D eigenvalue weighted by Crippen LogP contribution is 2.34. The van der Waals surface area contributed by atoms with Crippen LogP contribution in [0.25, 0.3) is 22.4 Å². The van der Waals surface area contributed by atoms with Crippen molar-refractivity contribution in [2.75, 3.05) is 0 Å². The summed E-state index contributed by atoms with van der Waals surface area (Å²) < 4.78 is 39.0. The summed E-state index contributed by atoms with van der Waals surface area (Å²) in [5.41, 5.74) is 2.91. The van der Waals surface area contributed by atoms with Crippen LogP contribution in [0.5, 0.6) is 0 Å². The third-order valence-electron chi connectivity index (χ3n) is 3.56. The molecule has 0 aliphatic rings. The largest absolute Gasteiger partial charge is 0.416 e. The zero-order valence-electron chi connectivity index (χ0n) is 12.4. The van der Waals surface area contributed by atoms with E-state index in [4.69, 9.17) is 0 Å². The predicted molar refractivity (Wildman–Crippen MR) is 84.8 cm³/mol. The molecule has 3 aromatic rings. The molecule has 0 N–H and O–H groups in total. The number of alkyl halides is 3. The van der Waals surface area contributed by atoms with Crippen LogP contribution in [-0.2, 0) is 6.18 Å². The number of pyridine rings is 1. The third-order valence-corrected chi connectivity index (χ3v) is 3.56. The van der Waals surface area contributed by atoms with E-state index in [1.807, 2.05) is 36.4 Å². The van der Waals surface area contributed by atoms with Gasteiger partial charge in [0.25, 0.3) is 0 Å². The van der Waals surface area contributed by atoms with Gasteiger partial charge < -0.3 is 0 Å². The highest BCUT2D eigenvalue weighted by Gasteiger charge is 2.30. The minimum Gasteiger partial charge on any atom is -0.256 e. The summed E-state index contributed by atoms with van der Waals surface area (Å²) in [5, 5.41) is 0. The van der Waals surface area contributed by atoms with Crippen LogP contribution in [-0.4, -0.2) is 4.98 Å². The van der Waals surface area contributed by atoms with E-state index in [9.17, 15) is 13.2 Å². The Morgan fingerprint density at radius 3 is 2.26 bits per heavy atom. The van der Waals surface area contributed by atoms with E-state index in [0.29, 0.717) is 11.1 Å². The number of aryl methyl sites for hydroxylation is 1. The van der Waals surface area contributed by atoms with Crippen molar-refractivity contribution >= 4 is 0 Å². The number of nitrogens with zero attached hydrogens (tertiary/aromatic N) is 1. The van der Waals surface area contributed by atoms with Crippen LogP contribution >= 0.6 is 0 Å². The van der Waals surface area contributed by atoms with E-state index in [2.05, 4.69) is 4.98 Å².